The van der Waals surface area contributed by atoms with Crippen LogP contribution >= 0.6 is 27.3 Å². The van der Waals surface area contributed by atoms with Crippen LogP contribution in [0.1, 0.15) is 24.5 Å². The molecule has 1 aromatic carbocycles. The van der Waals surface area contributed by atoms with Crippen LogP contribution in [0.4, 0.5) is 10.8 Å². The van der Waals surface area contributed by atoms with Gasteiger partial charge in [0.2, 0.25) is 0 Å². The Morgan fingerprint density at radius 3 is 2.85 bits per heavy atom. The number of thiazole rings is 1. The molecular formula is C12H12BrN3O2S2. The Morgan fingerprint density at radius 2 is 2.15 bits per heavy atom. The SMILES string of the molecule is Nc1ccc(Br)cc1S(=O)(=O)Nc1nc(C2CC2)cs1. The predicted octanol–water partition coefficient (Wildman–Crippen LogP) is 3.17. The molecule has 106 valence electrons. The molecule has 5 nitrogen and oxygen atoms in total. The van der Waals surface area contributed by atoms with Crippen LogP contribution in [0.5, 0.6) is 0 Å². The maximum atomic E-state index is 12.3. The van der Waals surface area contributed by atoms with Crippen molar-refractivity contribution in [3.05, 3.63) is 33.7 Å². The van der Waals surface area contributed by atoms with Crippen molar-refractivity contribution in [2.45, 2.75) is 23.7 Å². The Labute approximate surface area is 129 Å². The first kappa shape index (κ1) is 13.8. The van der Waals surface area contributed by atoms with Crippen molar-refractivity contribution in [2.75, 3.05) is 10.5 Å². The zero-order valence-corrected chi connectivity index (χ0v) is 13.6. The summed E-state index contributed by atoms with van der Waals surface area (Å²) in [6.07, 6.45) is 2.27. The quantitative estimate of drug-likeness (QED) is 0.805. The predicted molar refractivity (Wildman–Crippen MR) is 83.5 cm³/mol. The molecule has 20 heavy (non-hydrogen) atoms. The van der Waals surface area contributed by atoms with Crippen molar-refractivity contribution >= 4 is 48.1 Å². The third-order valence-electron chi connectivity index (χ3n) is 3.00. The van der Waals surface area contributed by atoms with Crippen LogP contribution in [0.2, 0.25) is 0 Å². The number of nitrogens with zero attached hydrogens (tertiary/aromatic N) is 1. The van der Waals surface area contributed by atoms with Crippen LogP contribution in [-0.2, 0) is 10.0 Å². The van der Waals surface area contributed by atoms with E-state index in [1.165, 1.54) is 17.4 Å². The van der Waals surface area contributed by atoms with Gasteiger partial charge in [0.05, 0.1) is 11.4 Å². The number of rotatable bonds is 4. The van der Waals surface area contributed by atoms with E-state index in [-0.39, 0.29) is 10.6 Å². The van der Waals surface area contributed by atoms with Crippen LogP contribution in [0.15, 0.2) is 32.9 Å². The number of halogens is 1. The van der Waals surface area contributed by atoms with Crippen LogP contribution in [0.3, 0.4) is 0 Å². The topological polar surface area (TPSA) is 85.1 Å². The van der Waals surface area contributed by atoms with Gasteiger partial charge in [-0.2, -0.15) is 0 Å². The van der Waals surface area contributed by atoms with E-state index in [1.54, 1.807) is 12.1 Å². The Morgan fingerprint density at radius 1 is 1.40 bits per heavy atom. The molecule has 3 N–H and O–H groups in total. The Hall–Kier alpha value is -1.12. The third kappa shape index (κ3) is 2.82. The molecule has 0 radical (unpaired) electrons. The van der Waals surface area contributed by atoms with Crippen molar-refractivity contribution in [3.63, 3.8) is 0 Å². The zero-order valence-electron chi connectivity index (χ0n) is 10.3. The highest BCUT2D eigenvalue weighted by Gasteiger charge is 2.27. The molecule has 1 fully saturated rings. The normalized spacial score (nSPS) is 15.2. The maximum Gasteiger partial charge on any atom is 0.265 e. The highest BCUT2D eigenvalue weighted by molar-refractivity contribution is 9.10. The van der Waals surface area contributed by atoms with Crippen molar-refractivity contribution in [3.8, 4) is 0 Å². The summed E-state index contributed by atoms with van der Waals surface area (Å²) in [5, 5.41) is 2.28. The zero-order chi connectivity index (χ0) is 14.3. The number of nitrogen functional groups attached to an aromatic ring is 1. The molecule has 1 saturated carbocycles. The average molecular weight is 374 g/mol. The molecule has 0 aliphatic heterocycles. The van der Waals surface area contributed by atoms with E-state index in [2.05, 4.69) is 25.6 Å². The van der Waals surface area contributed by atoms with Crippen molar-refractivity contribution in [1.29, 1.82) is 0 Å². The van der Waals surface area contributed by atoms with Gasteiger partial charge in [-0.15, -0.1) is 11.3 Å². The minimum atomic E-state index is -3.72. The van der Waals surface area contributed by atoms with E-state index in [0.717, 1.165) is 18.5 Å². The number of hydrogen-bond acceptors (Lipinski definition) is 5. The van der Waals surface area contributed by atoms with E-state index in [0.29, 0.717) is 15.5 Å². The minimum Gasteiger partial charge on any atom is -0.398 e. The van der Waals surface area contributed by atoms with Gasteiger partial charge < -0.3 is 5.73 Å². The maximum absolute atomic E-state index is 12.3. The van der Waals surface area contributed by atoms with Gasteiger partial charge in [0.25, 0.3) is 10.0 Å². The minimum absolute atomic E-state index is 0.0510. The molecule has 1 heterocycles. The lowest BCUT2D eigenvalue weighted by molar-refractivity contribution is 0.601. The summed E-state index contributed by atoms with van der Waals surface area (Å²) in [6.45, 7) is 0. The summed E-state index contributed by atoms with van der Waals surface area (Å²) in [6, 6.07) is 4.73. The number of sulfonamides is 1. The molecule has 8 heteroatoms. The van der Waals surface area contributed by atoms with Crippen LogP contribution in [0.25, 0.3) is 0 Å². The van der Waals surface area contributed by atoms with Crippen molar-refractivity contribution in [1.82, 2.24) is 4.98 Å². The van der Waals surface area contributed by atoms with Crippen LogP contribution in [0, 0.1) is 0 Å². The Bertz CT molecular complexity index is 754. The largest absolute Gasteiger partial charge is 0.398 e. The fourth-order valence-electron chi connectivity index (χ4n) is 1.81. The second-order valence-electron chi connectivity index (χ2n) is 4.64. The second-order valence-corrected chi connectivity index (χ2v) is 8.06. The van der Waals surface area contributed by atoms with Gasteiger partial charge in [-0.3, -0.25) is 4.72 Å². The highest BCUT2D eigenvalue weighted by Crippen LogP contribution is 2.41. The van der Waals surface area contributed by atoms with Gasteiger partial charge in [-0.05, 0) is 31.0 Å². The lowest BCUT2D eigenvalue weighted by Crippen LogP contribution is -2.14. The van der Waals surface area contributed by atoms with Crippen molar-refractivity contribution in [2.24, 2.45) is 0 Å². The molecule has 1 aromatic heterocycles. The van der Waals surface area contributed by atoms with Crippen LogP contribution < -0.4 is 10.5 Å². The number of benzene rings is 1. The first-order valence-electron chi connectivity index (χ1n) is 5.99. The summed E-state index contributed by atoms with van der Waals surface area (Å²) in [5.74, 6) is 0.500. The molecule has 0 atom stereocenters. The number of nitrogens with two attached hydrogens (primary N) is 1. The Kier molecular flexibility index (Phi) is 3.47. The molecule has 3 rings (SSSR count). The summed E-state index contributed by atoms with van der Waals surface area (Å²) < 4.78 is 27.8. The standard InChI is InChI=1S/C12H12BrN3O2S2/c13-8-3-4-9(14)11(5-8)20(17,18)16-12-15-10(6-19-12)7-1-2-7/h3-7H,1-2,14H2,(H,15,16). The number of nitrogens with one attached hydrogen (secondary N) is 1. The summed E-state index contributed by atoms with van der Waals surface area (Å²) in [4.78, 5) is 4.36. The second kappa shape index (κ2) is 5.01. The molecule has 0 unspecified atom stereocenters. The molecule has 0 bridgehead atoms. The molecule has 0 amide bonds. The van der Waals surface area contributed by atoms with E-state index < -0.39 is 10.0 Å². The van der Waals surface area contributed by atoms with Crippen LogP contribution in [-0.4, -0.2) is 13.4 Å². The molecule has 1 aliphatic carbocycles. The monoisotopic (exact) mass is 373 g/mol. The average Bonchev–Trinajstić information content (AvgIpc) is 3.13. The van der Waals surface area contributed by atoms with Gasteiger partial charge in [-0.25, -0.2) is 13.4 Å². The fourth-order valence-corrected chi connectivity index (χ4v) is 4.53. The van der Waals surface area contributed by atoms with E-state index in [1.807, 2.05) is 5.38 Å². The Balaban J connectivity index is 1.89. The molecule has 0 saturated heterocycles. The van der Waals surface area contributed by atoms with Gasteiger partial charge in [0.1, 0.15) is 4.90 Å². The van der Waals surface area contributed by atoms with Crippen molar-refractivity contribution < 1.29 is 8.42 Å². The molecule has 1 aliphatic rings. The fraction of sp³-hybridized carbons (Fsp3) is 0.250. The molecular weight excluding hydrogens is 362 g/mol. The van der Waals surface area contributed by atoms with E-state index in [9.17, 15) is 8.42 Å². The number of anilines is 2. The van der Waals surface area contributed by atoms with Gasteiger partial charge in [-0.1, -0.05) is 15.9 Å². The third-order valence-corrected chi connectivity index (χ3v) is 5.80. The number of aromatic nitrogens is 1. The summed E-state index contributed by atoms with van der Waals surface area (Å²) >= 11 is 4.54. The summed E-state index contributed by atoms with van der Waals surface area (Å²) in [5.41, 5.74) is 6.91. The first-order valence-corrected chi connectivity index (χ1v) is 9.14. The lowest BCUT2D eigenvalue weighted by Gasteiger charge is -2.08. The van der Waals surface area contributed by atoms with Gasteiger partial charge in [0, 0.05) is 15.8 Å². The van der Waals surface area contributed by atoms with E-state index >= 15 is 0 Å². The highest BCUT2D eigenvalue weighted by atomic mass is 79.9. The summed E-state index contributed by atoms with van der Waals surface area (Å²) in [7, 11) is -3.72. The molecule has 2 aromatic rings. The lowest BCUT2D eigenvalue weighted by atomic mass is 10.3. The van der Waals surface area contributed by atoms with E-state index in [4.69, 9.17) is 5.73 Å². The van der Waals surface area contributed by atoms with Gasteiger partial charge >= 0.3 is 0 Å². The smallest absolute Gasteiger partial charge is 0.265 e. The first-order chi connectivity index (χ1) is 9.45. The van der Waals surface area contributed by atoms with Gasteiger partial charge in [0.15, 0.2) is 5.13 Å². The molecule has 0 spiro atoms. The number of hydrogen-bond donors (Lipinski definition) is 2.